The number of esters is 8. The molecule has 214 valence electrons. The lowest BCUT2D eigenvalue weighted by Crippen LogP contribution is -2.31. The Morgan fingerprint density at radius 2 is 1.34 bits per heavy atom. The number of cyclic esters (lactones) is 8. The van der Waals surface area contributed by atoms with Gasteiger partial charge in [-0.3, -0.25) is 28.8 Å². The highest BCUT2D eigenvalue weighted by Crippen LogP contribution is 2.43. The Morgan fingerprint density at radius 3 is 1.93 bits per heavy atom. The van der Waals surface area contributed by atoms with Crippen LogP contribution in [0.5, 0.6) is 0 Å². The Balaban J connectivity index is 0.000000166. The van der Waals surface area contributed by atoms with Crippen molar-refractivity contribution in [2.24, 2.45) is 23.7 Å². The Bertz CT molecular complexity index is 1490. The lowest BCUT2D eigenvalue weighted by Gasteiger charge is -2.27. The van der Waals surface area contributed by atoms with E-state index < -0.39 is 76.8 Å². The van der Waals surface area contributed by atoms with E-state index in [0.717, 1.165) is 5.57 Å². The third-order valence-corrected chi connectivity index (χ3v) is 7.92. The first-order valence-electron chi connectivity index (χ1n) is 13.0. The minimum Gasteiger partial charge on any atom is -0.393 e. The van der Waals surface area contributed by atoms with Gasteiger partial charge in [0.15, 0.2) is 0 Å². The summed E-state index contributed by atoms with van der Waals surface area (Å²) in [5, 5.41) is 0. The van der Waals surface area contributed by atoms with Gasteiger partial charge in [0.05, 0.1) is 47.6 Å². The Morgan fingerprint density at radius 1 is 0.707 bits per heavy atom. The van der Waals surface area contributed by atoms with Crippen LogP contribution >= 0.6 is 0 Å². The van der Waals surface area contributed by atoms with Gasteiger partial charge >= 0.3 is 47.8 Å². The molecule has 5 aliphatic rings. The van der Waals surface area contributed by atoms with Crippen molar-refractivity contribution in [2.75, 3.05) is 0 Å². The number of hydrogen-bond acceptors (Lipinski definition) is 12. The number of carbonyl (C=O) groups is 8. The van der Waals surface area contributed by atoms with Crippen LogP contribution in [0.2, 0.25) is 0 Å². The molecule has 4 aliphatic heterocycles. The summed E-state index contributed by atoms with van der Waals surface area (Å²) in [7, 11) is 0. The highest BCUT2D eigenvalue weighted by Gasteiger charge is 2.51. The van der Waals surface area contributed by atoms with Gasteiger partial charge in [0.1, 0.15) is 0 Å². The van der Waals surface area contributed by atoms with E-state index in [-0.39, 0.29) is 29.9 Å². The lowest BCUT2D eigenvalue weighted by atomic mass is 9.72. The quantitative estimate of drug-likeness (QED) is 0.221. The third kappa shape index (κ3) is 4.98. The van der Waals surface area contributed by atoms with Crippen LogP contribution in [0, 0.1) is 23.7 Å². The molecule has 6 rings (SSSR count). The van der Waals surface area contributed by atoms with E-state index in [1.165, 1.54) is 6.07 Å². The zero-order chi connectivity index (χ0) is 30.0. The molecular weight excluding hydrogens is 540 g/mol. The number of allylic oxidation sites excluding steroid dienone is 1. The average Bonchev–Trinajstić information content (AvgIpc) is 3.57. The summed E-state index contributed by atoms with van der Waals surface area (Å²) in [4.78, 5) is 92.6. The SMILES string of the molecule is CC(C)(C)c1cc(C2CC(=O)OC2=O)cc2c1C(=O)OC2=O.CC1=CC(C2CC(=O)OC2=O)CC2C(=O)OC(=O)C12. The molecule has 0 amide bonds. The number of rotatable bonds is 2. The van der Waals surface area contributed by atoms with Crippen LogP contribution in [-0.2, 0) is 53.1 Å². The van der Waals surface area contributed by atoms with E-state index in [0.29, 0.717) is 17.5 Å². The molecule has 0 saturated carbocycles. The van der Waals surface area contributed by atoms with E-state index >= 15 is 0 Å². The molecule has 5 unspecified atom stereocenters. The average molecular weight is 567 g/mol. The van der Waals surface area contributed by atoms with Gasteiger partial charge < -0.3 is 18.9 Å². The van der Waals surface area contributed by atoms with Crippen molar-refractivity contribution in [3.05, 3.63) is 46.0 Å². The van der Waals surface area contributed by atoms with Gasteiger partial charge in [0, 0.05) is 0 Å². The van der Waals surface area contributed by atoms with Gasteiger partial charge in [0.25, 0.3) is 0 Å². The predicted molar refractivity (Wildman–Crippen MR) is 132 cm³/mol. The summed E-state index contributed by atoms with van der Waals surface area (Å²) in [5.41, 5.74) is 1.77. The van der Waals surface area contributed by atoms with E-state index in [9.17, 15) is 38.4 Å². The van der Waals surface area contributed by atoms with Gasteiger partial charge in [-0.2, -0.15) is 0 Å². The highest BCUT2D eigenvalue weighted by molar-refractivity contribution is 6.16. The van der Waals surface area contributed by atoms with Crippen molar-refractivity contribution < 1.29 is 57.3 Å². The van der Waals surface area contributed by atoms with Crippen molar-refractivity contribution in [1.82, 2.24) is 0 Å². The van der Waals surface area contributed by atoms with Crippen molar-refractivity contribution in [3.63, 3.8) is 0 Å². The molecule has 5 atom stereocenters. The Labute approximate surface area is 233 Å². The van der Waals surface area contributed by atoms with Gasteiger partial charge in [-0.15, -0.1) is 0 Å². The molecule has 3 saturated heterocycles. The fraction of sp³-hybridized carbons (Fsp3) is 0.448. The van der Waals surface area contributed by atoms with E-state index in [1.807, 2.05) is 20.8 Å². The second-order valence-electron chi connectivity index (χ2n) is 11.7. The van der Waals surface area contributed by atoms with Crippen molar-refractivity contribution in [2.45, 2.75) is 58.3 Å². The number of benzene rings is 1. The summed E-state index contributed by atoms with van der Waals surface area (Å²) in [6.07, 6.45) is 2.11. The molecule has 1 aromatic carbocycles. The van der Waals surface area contributed by atoms with Crippen LogP contribution in [0.1, 0.15) is 84.7 Å². The zero-order valence-corrected chi connectivity index (χ0v) is 22.6. The summed E-state index contributed by atoms with van der Waals surface area (Å²) in [6, 6.07) is 3.13. The molecule has 0 spiro atoms. The lowest BCUT2D eigenvalue weighted by molar-refractivity contribution is -0.155. The molecule has 0 bridgehead atoms. The second-order valence-corrected chi connectivity index (χ2v) is 11.7. The van der Waals surface area contributed by atoms with Crippen LogP contribution < -0.4 is 0 Å². The molecule has 0 aromatic heterocycles. The number of ether oxygens (including phenoxy) is 4. The van der Waals surface area contributed by atoms with Gasteiger partial charge in [0.2, 0.25) is 0 Å². The highest BCUT2D eigenvalue weighted by atomic mass is 16.6. The minimum absolute atomic E-state index is 0.0354. The molecule has 41 heavy (non-hydrogen) atoms. The van der Waals surface area contributed by atoms with E-state index in [2.05, 4.69) is 18.9 Å². The predicted octanol–water partition coefficient (Wildman–Crippen LogP) is 2.21. The third-order valence-electron chi connectivity index (χ3n) is 7.92. The maximum atomic E-state index is 11.9. The van der Waals surface area contributed by atoms with Crippen molar-refractivity contribution in [3.8, 4) is 0 Å². The first kappa shape index (κ1) is 28.1. The maximum Gasteiger partial charge on any atom is 0.347 e. The number of carbonyl (C=O) groups excluding carboxylic acids is 8. The minimum atomic E-state index is -0.748. The molecule has 12 nitrogen and oxygen atoms in total. The summed E-state index contributed by atoms with van der Waals surface area (Å²) >= 11 is 0. The topological polar surface area (TPSA) is 173 Å². The van der Waals surface area contributed by atoms with Crippen molar-refractivity contribution >= 4 is 47.8 Å². The fourth-order valence-electron chi connectivity index (χ4n) is 5.93. The molecule has 4 heterocycles. The Hall–Kier alpha value is -4.48. The molecule has 12 heteroatoms. The van der Waals surface area contributed by atoms with E-state index in [4.69, 9.17) is 0 Å². The molecule has 1 aromatic rings. The molecule has 0 radical (unpaired) electrons. The van der Waals surface area contributed by atoms with Gasteiger partial charge in [-0.05, 0) is 41.9 Å². The zero-order valence-electron chi connectivity index (χ0n) is 22.6. The monoisotopic (exact) mass is 566 g/mol. The summed E-state index contributed by atoms with van der Waals surface area (Å²) in [5.74, 6) is -7.39. The van der Waals surface area contributed by atoms with E-state index in [1.54, 1.807) is 19.1 Å². The maximum absolute atomic E-state index is 11.9. The Kier molecular flexibility index (Phi) is 6.75. The number of hydrogen-bond donors (Lipinski definition) is 0. The van der Waals surface area contributed by atoms with Crippen LogP contribution in [0.15, 0.2) is 23.8 Å². The molecule has 1 aliphatic carbocycles. The molecular formula is C29H26O12. The smallest absolute Gasteiger partial charge is 0.347 e. The van der Waals surface area contributed by atoms with Crippen LogP contribution in [0.3, 0.4) is 0 Å². The standard InChI is InChI=1S/C16H14O6.C13H12O6/c1-16(2,3)10-5-7(8-6-11(17)21-13(8)18)4-9-12(10)15(20)22-14(9)19;1-5-2-6(7-4-9(14)18-11(7)15)3-8-10(5)13(17)19-12(8)16/h4-5,8H,6H2,1-3H3;2,6-8,10H,3-4H2,1H3. The second kappa shape index (κ2) is 9.86. The largest absolute Gasteiger partial charge is 0.393 e. The van der Waals surface area contributed by atoms with Gasteiger partial charge in [-0.25, -0.2) is 9.59 Å². The number of fused-ring (bicyclic) bond motifs is 2. The fourth-order valence-corrected chi connectivity index (χ4v) is 5.93. The van der Waals surface area contributed by atoms with Crippen LogP contribution in [-0.4, -0.2) is 47.8 Å². The molecule has 0 N–H and O–H groups in total. The first-order chi connectivity index (χ1) is 19.1. The normalized spacial score (nSPS) is 28.8. The summed E-state index contributed by atoms with van der Waals surface area (Å²) in [6.45, 7) is 7.41. The van der Waals surface area contributed by atoms with Gasteiger partial charge in [-0.1, -0.05) is 38.5 Å². The van der Waals surface area contributed by atoms with Crippen LogP contribution in [0.25, 0.3) is 0 Å². The first-order valence-corrected chi connectivity index (χ1v) is 13.0. The summed E-state index contributed by atoms with van der Waals surface area (Å²) < 4.78 is 18.4. The van der Waals surface area contributed by atoms with Crippen molar-refractivity contribution in [1.29, 1.82) is 0 Å². The molecule has 3 fully saturated rings. The van der Waals surface area contributed by atoms with Crippen LogP contribution in [0.4, 0.5) is 0 Å².